The number of nitrogens with zero attached hydrogens (tertiary/aromatic N) is 2. The molecule has 2 aliphatic carbocycles. The zero-order valence-corrected chi connectivity index (χ0v) is 10.9. The first-order valence-corrected chi connectivity index (χ1v) is 7.31. The number of carboxylic acid groups (broad SMARTS) is 1. The topological polar surface area (TPSA) is 75.1 Å². The van der Waals surface area contributed by atoms with Crippen molar-refractivity contribution in [2.24, 2.45) is 11.8 Å². The van der Waals surface area contributed by atoms with Gasteiger partial charge in [-0.15, -0.1) is 0 Å². The van der Waals surface area contributed by atoms with Crippen LogP contribution in [0.5, 0.6) is 0 Å². The van der Waals surface area contributed by atoms with E-state index in [1.807, 2.05) is 0 Å². The van der Waals surface area contributed by atoms with Gasteiger partial charge in [0.15, 0.2) is 0 Å². The Bertz CT molecular complexity index is 444. The van der Waals surface area contributed by atoms with Crippen LogP contribution in [0.3, 0.4) is 0 Å². The highest BCUT2D eigenvalue weighted by Crippen LogP contribution is 2.39. The summed E-state index contributed by atoms with van der Waals surface area (Å²) in [5.41, 5.74) is 0. The van der Waals surface area contributed by atoms with E-state index in [2.05, 4.69) is 14.7 Å². The highest BCUT2D eigenvalue weighted by Gasteiger charge is 2.33. The number of aromatic nitrogens is 2. The van der Waals surface area contributed by atoms with Gasteiger partial charge < -0.3 is 10.4 Å². The summed E-state index contributed by atoms with van der Waals surface area (Å²) >= 11 is 1.39. The standard InChI is InChI=1S/C12H17N3O2S/c16-11(17)9-3-1-2-8(9)6-13-12-14-10(15-18-12)7-4-5-7/h7-9H,1-6H2,(H,16,17)(H,13,14,15). The molecule has 0 amide bonds. The molecule has 18 heavy (non-hydrogen) atoms. The minimum absolute atomic E-state index is 0.187. The third-order valence-electron chi connectivity index (χ3n) is 3.88. The molecule has 0 spiro atoms. The molecular weight excluding hydrogens is 250 g/mol. The fourth-order valence-corrected chi connectivity index (χ4v) is 3.29. The Morgan fingerprint density at radius 3 is 2.94 bits per heavy atom. The van der Waals surface area contributed by atoms with Crippen LogP contribution in [0.2, 0.25) is 0 Å². The molecule has 2 aliphatic rings. The molecule has 2 fully saturated rings. The molecule has 1 aromatic rings. The molecule has 1 aromatic heterocycles. The minimum atomic E-state index is -0.657. The Hall–Kier alpha value is -1.17. The average molecular weight is 267 g/mol. The van der Waals surface area contributed by atoms with Gasteiger partial charge >= 0.3 is 5.97 Å². The van der Waals surface area contributed by atoms with Crippen LogP contribution in [-0.4, -0.2) is 27.0 Å². The predicted octanol–water partition coefficient (Wildman–Crippen LogP) is 2.33. The monoisotopic (exact) mass is 267 g/mol. The molecule has 5 nitrogen and oxygen atoms in total. The van der Waals surface area contributed by atoms with Crippen LogP contribution >= 0.6 is 11.5 Å². The fraction of sp³-hybridized carbons (Fsp3) is 0.750. The summed E-state index contributed by atoms with van der Waals surface area (Å²) in [5, 5.41) is 13.2. The number of nitrogens with one attached hydrogen (secondary N) is 1. The van der Waals surface area contributed by atoms with Gasteiger partial charge in [-0.1, -0.05) is 6.42 Å². The molecular formula is C12H17N3O2S. The molecule has 0 saturated heterocycles. The second kappa shape index (κ2) is 4.84. The molecule has 2 N–H and O–H groups in total. The molecule has 0 bridgehead atoms. The summed E-state index contributed by atoms with van der Waals surface area (Å²) in [6.07, 6.45) is 5.25. The fourth-order valence-electron chi connectivity index (χ4n) is 2.64. The summed E-state index contributed by atoms with van der Waals surface area (Å²) in [7, 11) is 0. The second-order valence-electron chi connectivity index (χ2n) is 5.25. The molecule has 6 heteroatoms. The number of carbonyl (C=O) groups is 1. The Kier molecular flexibility index (Phi) is 3.20. The van der Waals surface area contributed by atoms with Gasteiger partial charge in [-0.05, 0) is 31.6 Å². The van der Waals surface area contributed by atoms with Crippen molar-refractivity contribution < 1.29 is 9.90 Å². The second-order valence-corrected chi connectivity index (χ2v) is 6.00. The van der Waals surface area contributed by atoms with Gasteiger partial charge in [0, 0.05) is 24.0 Å². The van der Waals surface area contributed by atoms with Gasteiger partial charge in [0.1, 0.15) is 5.82 Å². The first-order valence-electron chi connectivity index (χ1n) is 6.54. The van der Waals surface area contributed by atoms with Crippen molar-refractivity contribution in [2.75, 3.05) is 11.9 Å². The highest BCUT2D eigenvalue weighted by molar-refractivity contribution is 7.09. The SMILES string of the molecule is O=C(O)C1CCCC1CNc1nc(C2CC2)ns1. The van der Waals surface area contributed by atoms with Crippen LogP contribution in [0.1, 0.15) is 43.8 Å². The summed E-state index contributed by atoms with van der Waals surface area (Å²) in [6, 6.07) is 0. The number of anilines is 1. The maximum atomic E-state index is 11.1. The van der Waals surface area contributed by atoms with E-state index in [1.165, 1.54) is 24.4 Å². The largest absolute Gasteiger partial charge is 0.481 e. The molecule has 2 atom stereocenters. The molecule has 2 unspecified atom stereocenters. The molecule has 3 rings (SSSR count). The quantitative estimate of drug-likeness (QED) is 0.856. The van der Waals surface area contributed by atoms with Crippen molar-refractivity contribution in [3.8, 4) is 0 Å². The lowest BCUT2D eigenvalue weighted by Crippen LogP contribution is -2.24. The Morgan fingerprint density at radius 1 is 1.39 bits per heavy atom. The number of aliphatic carboxylic acids is 1. The maximum Gasteiger partial charge on any atom is 0.306 e. The normalized spacial score (nSPS) is 27.3. The van der Waals surface area contributed by atoms with Gasteiger partial charge in [-0.2, -0.15) is 4.37 Å². The lowest BCUT2D eigenvalue weighted by molar-refractivity contribution is -0.142. The van der Waals surface area contributed by atoms with Gasteiger partial charge in [-0.3, -0.25) is 4.79 Å². The van der Waals surface area contributed by atoms with E-state index in [0.29, 0.717) is 12.5 Å². The van der Waals surface area contributed by atoms with Crippen LogP contribution in [0.4, 0.5) is 5.13 Å². The third-order valence-corrected chi connectivity index (χ3v) is 4.56. The lowest BCUT2D eigenvalue weighted by Gasteiger charge is -2.15. The van der Waals surface area contributed by atoms with Crippen molar-refractivity contribution in [3.63, 3.8) is 0 Å². The minimum Gasteiger partial charge on any atom is -0.481 e. The van der Waals surface area contributed by atoms with Crippen molar-refractivity contribution in [1.82, 2.24) is 9.36 Å². The number of hydrogen-bond donors (Lipinski definition) is 2. The van der Waals surface area contributed by atoms with Crippen LogP contribution in [-0.2, 0) is 4.79 Å². The van der Waals surface area contributed by atoms with E-state index in [9.17, 15) is 4.79 Å². The van der Waals surface area contributed by atoms with E-state index in [0.717, 1.165) is 30.2 Å². The number of carboxylic acids is 1. The first kappa shape index (κ1) is 11.9. The van der Waals surface area contributed by atoms with Crippen LogP contribution in [0, 0.1) is 11.8 Å². The summed E-state index contributed by atoms with van der Waals surface area (Å²) < 4.78 is 4.33. The van der Waals surface area contributed by atoms with Gasteiger partial charge in [0.05, 0.1) is 5.92 Å². The van der Waals surface area contributed by atoms with Crippen LogP contribution in [0.25, 0.3) is 0 Å². The first-order chi connectivity index (χ1) is 8.74. The smallest absolute Gasteiger partial charge is 0.306 e. The van der Waals surface area contributed by atoms with E-state index in [1.54, 1.807) is 0 Å². The summed E-state index contributed by atoms with van der Waals surface area (Å²) in [6.45, 7) is 0.705. The Morgan fingerprint density at radius 2 is 2.22 bits per heavy atom. The lowest BCUT2D eigenvalue weighted by atomic mass is 9.96. The average Bonchev–Trinajstić information content (AvgIpc) is 2.92. The molecule has 0 aliphatic heterocycles. The van der Waals surface area contributed by atoms with Crippen LogP contribution < -0.4 is 5.32 Å². The van der Waals surface area contributed by atoms with E-state index in [-0.39, 0.29) is 11.8 Å². The van der Waals surface area contributed by atoms with Crippen molar-refractivity contribution in [1.29, 1.82) is 0 Å². The van der Waals surface area contributed by atoms with Gasteiger partial charge in [0.2, 0.25) is 5.13 Å². The molecule has 1 heterocycles. The van der Waals surface area contributed by atoms with Crippen LogP contribution in [0.15, 0.2) is 0 Å². The Balaban J connectivity index is 1.54. The van der Waals surface area contributed by atoms with Gasteiger partial charge in [-0.25, -0.2) is 4.98 Å². The number of hydrogen-bond acceptors (Lipinski definition) is 5. The van der Waals surface area contributed by atoms with Gasteiger partial charge in [0.25, 0.3) is 0 Å². The van der Waals surface area contributed by atoms with E-state index < -0.39 is 5.97 Å². The Labute approximate surface area is 110 Å². The zero-order chi connectivity index (χ0) is 12.5. The zero-order valence-electron chi connectivity index (χ0n) is 10.1. The van der Waals surface area contributed by atoms with Crippen molar-refractivity contribution in [2.45, 2.75) is 38.0 Å². The summed E-state index contributed by atoms with van der Waals surface area (Å²) in [4.78, 5) is 15.5. The van der Waals surface area contributed by atoms with Crippen molar-refractivity contribution >= 4 is 22.6 Å². The summed E-state index contributed by atoms with van der Waals surface area (Å²) in [5.74, 6) is 0.929. The van der Waals surface area contributed by atoms with E-state index in [4.69, 9.17) is 5.11 Å². The molecule has 0 radical (unpaired) electrons. The maximum absolute atomic E-state index is 11.1. The molecule has 2 saturated carbocycles. The molecule has 0 aromatic carbocycles. The van der Waals surface area contributed by atoms with Crippen molar-refractivity contribution in [3.05, 3.63) is 5.82 Å². The van der Waals surface area contributed by atoms with E-state index >= 15 is 0 Å². The molecule has 98 valence electrons. The third kappa shape index (κ3) is 2.48. The predicted molar refractivity (Wildman–Crippen MR) is 68.8 cm³/mol. The number of rotatable bonds is 5. The highest BCUT2D eigenvalue weighted by atomic mass is 32.1.